The molecule has 0 atom stereocenters. The lowest BCUT2D eigenvalue weighted by atomic mass is 10.1. The lowest BCUT2D eigenvalue weighted by molar-refractivity contribution is -0.137. The Morgan fingerprint density at radius 3 is 2.59 bits per heavy atom. The van der Waals surface area contributed by atoms with Crippen molar-refractivity contribution in [2.24, 2.45) is 5.10 Å². The monoisotopic (exact) mass is 371 g/mol. The molecule has 2 aromatic carbocycles. The second kappa shape index (κ2) is 7.49. The average molecular weight is 371 g/mol. The predicted molar refractivity (Wildman–Crippen MR) is 97.0 cm³/mol. The van der Waals surface area contributed by atoms with E-state index in [0.717, 1.165) is 23.4 Å². The van der Waals surface area contributed by atoms with E-state index in [1.54, 1.807) is 0 Å². The summed E-state index contributed by atoms with van der Waals surface area (Å²) in [5.74, 6) is -0.716. The summed E-state index contributed by atoms with van der Waals surface area (Å²) in [6, 6.07) is 15.6. The number of halogens is 3. The van der Waals surface area contributed by atoms with Gasteiger partial charge in [-0.3, -0.25) is 4.79 Å². The molecule has 0 bridgehead atoms. The Morgan fingerprint density at radius 1 is 1.07 bits per heavy atom. The zero-order valence-corrected chi connectivity index (χ0v) is 14.4. The van der Waals surface area contributed by atoms with Crippen molar-refractivity contribution in [3.05, 3.63) is 89.2 Å². The van der Waals surface area contributed by atoms with Crippen molar-refractivity contribution < 1.29 is 18.0 Å². The number of rotatable bonds is 4. The van der Waals surface area contributed by atoms with Crippen LogP contribution in [-0.4, -0.2) is 16.7 Å². The van der Waals surface area contributed by atoms with Gasteiger partial charge in [-0.1, -0.05) is 24.3 Å². The molecule has 1 aromatic heterocycles. The highest BCUT2D eigenvalue weighted by Gasteiger charge is 2.30. The van der Waals surface area contributed by atoms with Gasteiger partial charge >= 0.3 is 6.18 Å². The number of hydrazone groups is 1. The van der Waals surface area contributed by atoms with Crippen LogP contribution in [0.15, 0.2) is 72.0 Å². The summed E-state index contributed by atoms with van der Waals surface area (Å²) in [4.78, 5) is 12.1. The van der Waals surface area contributed by atoms with E-state index in [0.29, 0.717) is 5.69 Å². The molecular weight excluding hydrogens is 355 g/mol. The first-order valence-electron chi connectivity index (χ1n) is 8.10. The summed E-state index contributed by atoms with van der Waals surface area (Å²) < 4.78 is 40.1. The molecule has 0 radical (unpaired) electrons. The molecule has 1 heterocycles. The third kappa shape index (κ3) is 4.25. The largest absolute Gasteiger partial charge is 0.416 e. The fourth-order valence-corrected chi connectivity index (χ4v) is 2.61. The van der Waals surface area contributed by atoms with Gasteiger partial charge in [0.25, 0.3) is 5.91 Å². The minimum Gasteiger partial charge on any atom is -0.315 e. The number of para-hydroxylation sites is 1. The zero-order chi connectivity index (χ0) is 19.4. The lowest BCUT2D eigenvalue weighted by Crippen LogP contribution is -2.18. The van der Waals surface area contributed by atoms with E-state index in [9.17, 15) is 18.0 Å². The van der Waals surface area contributed by atoms with Gasteiger partial charge < -0.3 is 4.57 Å². The summed E-state index contributed by atoms with van der Waals surface area (Å²) in [5.41, 5.74) is 4.01. The smallest absolute Gasteiger partial charge is 0.315 e. The van der Waals surface area contributed by atoms with E-state index in [4.69, 9.17) is 0 Å². The van der Waals surface area contributed by atoms with E-state index < -0.39 is 17.6 Å². The molecule has 1 N–H and O–H groups in total. The van der Waals surface area contributed by atoms with Gasteiger partial charge in [0.1, 0.15) is 0 Å². The van der Waals surface area contributed by atoms with Crippen LogP contribution in [0, 0.1) is 6.92 Å². The van der Waals surface area contributed by atoms with Crippen molar-refractivity contribution in [2.75, 3.05) is 0 Å². The summed E-state index contributed by atoms with van der Waals surface area (Å²) in [5, 5.41) is 3.87. The predicted octanol–water partition coefficient (Wildman–Crippen LogP) is 4.57. The number of carbonyl (C=O) groups excluding carboxylic acids is 1. The second-order valence-corrected chi connectivity index (χ2v) is 5.87. The lowest BCUT2D eigenvalue weighted by Gasteiger charge is -2.09. The van der Waals surface area contributed by atoms with Crippen LogP contribution >= 0.6 is 0 Å². The van der Waals surface area contributed by atoms with E-state index >= 15 is 0 Å². The highest BCUT2D eigenvalue weighted by molar-refractivity contribution is 5.95. The van der Waals surface area contributed by atoms with Gasteiger partial charge in [-0.15, -0.1) is 0 Å². The molecule has 138 valence electrons. The number of carbonyl (C=O) groups is 1. The first kappa shape index (κ1) is 18.4. The third-order valence-electron chi connectivity index (χ3n) is 3.97. The quantitative estimate of drug-likeness (QED) is 0.530. The Balaban J connectivity index is 1.75. The van der Waals surface area contributed by atoms with Crippen LogP contribution in [0.1, 0.15) is 27.2 Å². The highest BCUT2D eigenvalue weighted by Crippen LogP contribution is 2.29. The first-order valence-corrected chi connectivity index (χ1v) is 8.10. The van der Waals surface area contributed by atoms with Gasteiger partial charge in [0.2, 0.25) is 0 Å². The van der Waals surface area contributed by atoms with Crippen molar-refractivity contribution in [1.82, 2.24) is 9.99 Å². The molecule has 0 aliphatic heterocycles. The van der Waals surface area contributed by atoms with E-state index in [1.165, 1.54) is 18.3 Å². The number of nitrogens with zero attached hydrogens (tertiary/aromatic N) is 2. The highest BCUT2D eigenvalue weighted by atomic mass is 19.4. The topological polar surface area (TPSA) is 46.4 Å². The van der Waals surface area contributed by atoms with Crippen molar-refractivity contribution in [3.8, 4) is 5.69 Å². The van der Waals surface area contributed by atoms with Crippen LogP contribution in [0.5, 0.6) is 0 Å². The zero-order valence-electron chi connectivity index (χ0n) is 14.4. The molecule has 27 heavy (non-hydrogen) atoms. The normalized spacial score (nSPS) is 11.7. The number of hydrogen-bond donors (Lipinski definition) is 1. The fraction of sp³-hybridized carbons (Fsp3) is 0.100. The Kier molecular flexibility index (Phi) is 5.12. The molecule has 0 aliphatic rings. The SMILES string of the molecule is Cc1ccccc1-n1cccc1C=NNC(=O)c1cccc(C(F)(F)F)c1. The van der Waals surface area contributed by atoms with E-state index in [-0.39, 0.29) is 5.56 Å². The maximum atomic E-state index is 12.7. The Morgan fingerprint density at radius 2 is 1.85 bits per heavy atom. The third-order valence-corrected chi connectivity index (χ3v) is 3.97. The van der Waals surface area contributed by atoms with Crippen LogP contribution in [-0.2, 0) is 6.18 Å². The maximum absolute atomic E-state index is 12.7. The number of alkyl halides is 3. The average Bonchev–Trinajstić information content (AvgIpc) is 3.09. The first-order chi connectivity index (χ1) is 12.9. The van der Waals surface area contributed by atoms with Crippen LogP contribution in [0.4, 0.5) is 13.2 Å². The molecule has 0 spiro atoms. The number of amides is 1. The molecule has 4 nitrogen and oxygen atoms in total. The van der Waals surface area contributed by atoms with Crippen LogP contribution in [0.25, 0.3) is 5.69 Å². The molecule has 0 fully saturated rings. The molecule has 3 aromatic rings. The summed E-state index contributed by atoms with van der Waals surface area (Å²) in [7, 11) is 0. The van der Waals surface area contributed by atoms with Crippen LogP contribution < -0.4 is 5.43 Å². The van der Waals surface area contributed by atoms with Gasteiger partial charge in [-0.25, -0.2) is 5.43 Å². The fourth-order valence-electron chi connectivity index (χ4n) is 2.61. The summed E-state index contributed by atoms with van der Waals surface area (Å²) >= 11 is 0. The molecule has 0 saturated heterocycles. The van der Waals surface area contributed by atoms with E-state index in [2.05, 4.69) is 10.5 Å². The van der Waals surface area contributed by atoms with Crippen molar-refractivity contribution in [2.45, 2.75) is 13.1 Å². The maximum Gasteiger partial charge on any atom is 0.416 e. The number of aromatic nitrogens is 1. The number of hydrogen-bond acceptors (Lipinski definition) is 2. The van der Waals surface area contributed by atoms with Gasteiger partial charge in [0.05, 0.1) is 17.5 Å². The molecule has 1 amide bonds. The number of nitrogens with one attached hydrogen (secondary N) is 1. The Bertz CT molecular complexity index is 990. The van der Waals surface area contributed by atoms with Crippen LogP contribution in [0.2, 0.25) is 0 Å². The molecule has 3 rings (SSSR count). The van der Waals surface area contributed by atoms with Crippen LogP contribution in [0.3, 0.4) is 0 Å². The second-order valence-electron chi connectivity index (χ2n) is 5.87. The molecular formula is C20H16F3N3O. The van der Waals surface area contributed by atoms with Crippen molar-refractivity contribution >= 4 is 12.1 Å². The van der Waals surface area contributed by atoms with Gasteiger partial charge in [0, 0.05) is 17.4 Å². The minimum atomic E-state index is -4.51. The summed E-state index contributed by atoms with van der Waals surface area (Å²) in [6.45, 7) is 1.98. The molecule has 7 heteroatoms. The van der Waals surface area contributed by atoms with Gasteiger partial charge in [0.15, 0.2) is 0 Å². The molecule has 0 aliphatic carbocycles. The minimum absolute atomic E-state index is 0.115. The summed E-state index contributed by atoms with van der Waals surface area (Å²) in [6.07, 6.45) is -1.20. The molecule has 0 saturated carbocycles. The van der Waals surface area contributed by atoms with E-state index in [1.807, 2.05) is 54.1 Å². The number of aryl methyl sites for hydroxylation is 1. The molecule has 0 unspecified atom stereocenters. The van der Waals surface area contributed by atoms with Gasteiger partial charge in [-0.2, -0.15) is 18.3 Å². The van der Waals surface area contributed by atoms with Crippen molar-refractivity contribution in [3.63, 3.8) is 0 Å². The Labute approximate surface area is 153 Å². The Hall–Kier alpha value is -3.35. The van der Waals surface area contributed by atoms with Gasteiger partial charge in [-0.05, 0) is 48.9 Å². The standard InChI is InChI=1S/C20H16F3N3O/c1-14-6-2-3-10-18(14)26-11-5-9-17(26)13-24-25-19(27)15-7-4-8-16(12-15)20(21,22)23/h2-13H,1H3,(H,25,27). The van der Waals surface area contributed by atoms with Crippen molar-refractivity contribution in [1.29, 1.82) is 0 Å². The number of benzene rings is 2.